The molecule has 0 N–H and O–H groups in total. The van der Waals surface area contributed by atoms with Crippen LogP contribution in [0.15, 0.2) is 48.5 Å². The molecule has 120 valence electrons. The molecule has 23 heavy (non-hydrogen) atoms. The van der Waals surface area contributed by atoms with Crippen LogP contribution < -0.4 is 9.47 Å². The summed E-state index contributed by atoms with van der Waals surface area (Å²) in [6, 6.07) is 15.4. The van der Waals surface area contributed by atoms with Gasteiger partial charge in [0.25, 0.3) is 0 Å². The average Bonchev–Trinajstić information content (AvgIpc) is 2.57. The summed E-state index contributed by atoms with van der Waals surface area (Å²) in [5.41, 5.74) is 0.611. The van der Waals surface area contributed by atoms with Gasteiger partial charge in [0.05, 0.1) is 11.6 Å². The predicted molar refractivity (Wildman–Crippen MR) is 86.0 cm³/mol. The highest BCUT2D eigenvalue weighted by Gasteiger charge is 2.03. The van der Waals surface area contributed by atoms with Gasteiger partial charge in [0.15, 0.2) is 11.6 Å². The first-order valence-electron chi connectivity index (χ1n) is 7.38. The van der Waals surface area contributed by atoms with Gasteiger partial charge < -0.3 is 9.47 Å². The van der Waals surface area contributed by atoms with Crippen molar-refractivity contribution in [1.29, 1.82) is 5.26 Å². The van der Waals surface area contributed by atoms with Crippen molar-refractivity contribution in [2.75, 3.05) is 33.4 Å². The Bertz CT molecular complexity index is 653. The van der Waals surface area contributed by atoms with E-state index < -0.39 is 0 Å². The number of hydrogen-bond acceptors (Lipinski definition) is 4. The Balaban J connectivity index is 1.64. The third-order valence-electron chi connectivity index (χ3n) is 3.29. The van der Waals surface area contributed by atoms with Crippen LogP contribution in [0.2, 0.25) is 0 Å². The molecule has 0 aliphatic carbocycles. The molecule has 0 heterocycles. The Morgan fingerprint density at radius 2 is 1.65 bits per heavy atom. The summed E-state index contributed by atoms with van der Waals surface area (Å²) in [7, 11) is 1.95. The molecule has 0 fully saturated rings. The van der Waals surface area contributed by atoms with E-state index in [2.05, 4.69) is 6.07 Å². The van der Waals surface area contributed by atoms with Gasteiger partial charge in [0.1, 0.15) is 19.0 Å². The molecule has 2 aromatic carbocycles. The van der Waals surface area contributed by atoms with Crippen LogP contribution in [-0.4, -0.2) is 38.3 Å². The van der Waals surface area contributed by atoms with E-state index in [9.17, 15) is 4.39 Å². The molecule has 0 atom stereocenters. The minimum atomic E-state index is -0.348. The van der Waals surface area contributed by atoms with Crippen molar-refractivity contribution in [1.82, 2.24) is 4.90 Å². The highest BCUT2D eigenvalue weighted by Crippen LogP contribution is 2.15. The first-order valence-corrected chi connectivity index (χ1v) is 7.38. The molecule has 5 heteroatoms. The monoisotopic (exact) mass is 314 g/mol. The Morgan fingerprint density at radius 1 is 1.00 bits per heavy atom. The van der Waals surface area contributed by atoms with Gasteiger partial charge in [-0.15, -0.1) is 0 Å². The summed E-state index contributed by atoms with van der Waals surface area (Å²) in [6.45, 7) is 2.34. The Hall–Kier alpha value is -2.58. The molecule has 0 aromatic heterocycles. The summed E-state index contributed by atoms with van der Waals surface area (Å²) in [5, 5.41) is 8.73. The molecule has 0 unspecified atom stereocenters. The molecule has 0 saturated carbocycles. The van der Waals surface area contributed by atoms with E-state index in [4.69, 9.17) is 14.7 Å². The quantitative estimate of drug-likeness (QED) is 0.751. The minimum Gasteiger partial charge on any atom is -0.492 e. The molecule has 0 bridgehead atoms. The second-order valence-corrected chi connectivity index (χ2v) is 5.07. The first-order chi connectivity index (χ1) is 11.2. The molecule has 0 amide bonds. The Labute approximate surface area is 135 Å². The lowest BCUT2D eigenvalue weighted by atomic mass is 10.2. The normalized spacial score (nSPS) is 10.3. The second-order valence-electron chi connectivity index (χ2n) is 5.07. The smallest absolute Gasteiger partial charge is 0.165 e. The number of nitrogens with zero attached hydrogens (tertiary/aromatic N) is 2. The topological polar surface area (TPSA) is 45.5 Å². The Morgan fingerprint density at radius 3 is 2.30 bits per heavy atom. The van der Waals surface area contributed by atoms with Crippen molar-refractivity contribution in [3.8, 4) is 17.6 Å². The van der Waals surface area contributed by atoms with Crippen LogP contribution in [0.25, 0.3) is 0 Å². The summed E-state index contributed by atoms with van der Waals surface area (Å²) < 4.78 is 24.4. The largest absolute Gasteiger partial charge is 0.492 e. The zero-order valence-corrected chi connectivity index (χ0v) is 13.0. The highest BCUT2D eigenvalue weighted by molar-refractivity contribution is 5.34. The number of halogens is 1. The number of nitriles is 1. The molecular formula is C18H19FN2O2. The van der Waals surface area contributed by atoms with Gasteiger partial charge in [-0.2, -0.15) is 5.26 Å². The fourth-order valence-corrected chi connectivity index (χ4v) is 1.93. The number of likely N-dealkylation sites (N-methyl/N-ethyl adjacent to an activating group) is 1. The van der Waals surface area contributed by atoms with E-state index in [1.54, 1.807) is 42.5 Å². The average molecular weight is 314 g/mol. The van der Waals surface area contributed by atoms with E-state index in [0.717, 1.165) is 12.3 Å². The van der Waals surface area contributed by atoms with E-state index in [1.807, 2.05) is 11.9 Å². The van der Waals surface area contributed by atoms with Gasteiger partial charge in [-0.05, 0) is 43.4 Å². The van der Waals surface area contributed by atoms with Gasteiger partial charge in [-0.3, -0.25) is 4.90 Å². The lowest BCUT2D eigenvalue weighted by Gasteiger charge is -2.17. The maximum Gasteiger partial charge on any atom is 0.165 e. The highest BCUT2D eigenvalue weighted by atomic mass is 19.1. The predicted octanol–water partition coefficient (Wildman–Crippen LogP) is 3.09. The van der Waals surface area contributed by atoms with E-state index in [1.165, 1.54) is 6.07 Å². The SMILES string of the molecule is CN(CCOc1ccc(C#N)cc1)CCOc1ccccc1F. The number of rotatable bonds is 8. The maximum absolute atomic E-state index is 13.4. The molecule has 0 radical (unpaired) electrons. The zero-order valence-electron chi connectivity index (χ0n) is 13.0. The van der Waals surface area contributed by atoms with Crippen molar-refractivity contribution in [3.63, 3.8) is 0 Å². The van der Waals surface area contributed by atoms with Gasteiger partial charge in [-0.1, -0.05) is 12.1 Å². The standard InChI is InChI=1S/C18H19FN2O2/c1-21(11-13-23-18-5-3-2-4-17(18)19)10-12-22-16-8-6-15(14-20)7-9-16/h2-9H,10-13H2,1H3. The Kier molecular flexibility index (Phi) is 6.40. The molecule has 0 saturated heterocycles. The van der Waals surface area contributed by atoms with Gasteiger partial charge in [0, 0.05) is 13.1 Å². The van der Waals surface area contributed by atoms with E-state index in [0.29, 0.717) is 25.3 Å². The summed E-state index contributed by atoms with van der Waals surface area (Å²) in [4.78, 5) is 2.05. The van der Waals surface area contributed by atoms with Crippen LogP contribution in [0.3, 0.4) is 0 Å². The van der Waals surface area contributed by atoms with Crippen molar-refractivity contribution < 1.29 is 13.9 Å². The summed E-state index contributed by atoms with van der Waals surface area (Å²) in [6.07, 6.45) is 0. The van der Waals surface area contributed by atoms with Gasteiger partial charge in [-0.25, -0.2) is 4.39 Å². The number of ether oxygens (including phenoxy) is 2. The van der Waals surface area contributed by atoms with Crippen molar-refractivity contribution in [2.45, 2.75) is 0 Å². The number of benzene rings is 2. The third kappa shape index (κ3) is 5.61. The molecule has 0 spiro atoms. The fraction of sp³-hybridized carbons (Fsp3) is 0.278. The van der Waals surface area contributed by atoms with Crippen LogP contribution in [0, 0.1) is 17.1 Å². The maximum atomic E-state index is 13.4. The van der Waals surface area contributed by atoms with Gasteiger partial charge >= 0.3 is 0 Å². The van der Waals surface area contributed by atoms with E-state index in [-0.39, 0.29) is 11.6 Å². The minimum absolute atomic E-state index is 0.273. The van der Waals surface area contributed by atoms with Crippen LogP contribution in [0.4, 0.5) is 4.39 Å². The fourth-order valence-electron chi connectivity index (χ4n) is 1.93. The van der Waals surface area contributed by atoms with Crippen LogP contribution in [0.1, 0.15) is 5.56 Å². The first kappa shape index (κ1) is 16.8. The van der Waals surface area contributed by atoms with E-state index >= 15 is 0 Å². The molecule has 2 aromatic rings. The van der Waals surface area contributed by atoms with Crippen molar-refractivity contribution >= 4 is 0 Å². The van der Waals surface area contributed by atoms with Gasteiger partial charge in [0.2, 0.25) is 0 Å². The number of para-hydroxylation sites is 1. The summed E-state index contributed by atoms with van der Waals surface area (Å²) >= 11 is 0. The third-order valence-corrected chi connectivity index (χ3v) is 3.29. The van der Waals surface area contributed by atoms with Crippen molar-refractivity contribution in [2.24, 2.45) is 0 Å². The summed E-state index contributed by atoms with van der Waals surface area (Å²) in [5.74, 6) is 0.661. The van der Waals surface area contributed by atoms with Crippen molar-refractivity contribution in [3.05, 3.63) is 59.9 Å². The van der Waals surface area contributed by atoms with Crippen LogP contribution in [0.5, 0.6) is 11.5 Å². The molecule has 0 aliphatic rings. The lowest BCUT2D eigenvalue weighted by Crippen LogP contribution is -2.28. The second kappa shape index (κ2) is 8.76. The van der Waals surface area contributed by atoms with Crippen LogP contribution in [-0.2, 0) is 0 Å². The molecule has 4 nitrogen and oxygen atoms in total. The molecule has 0 aliphatic heterocycles. The number of hydrogen-bond donors (Lipinski definition) is 0. The molecule has 2 rings (SSSR count). The lowest BCUT2D eigenvalue weighted by molar-refractivity contribution is 0.199. The zero-order chi connectivity index (χ0) is 16.5. The van der Waals surface area contributed by atoms with Crippen LogP contribution >= 0.6 is 0 Å². The molecular weight excluding hydrogens is 295 g/mol.